The number of rotatable bonds is 3. The highest BCUT2D eigenvalue weighted by molar-refractivity contribution is 6.01. The molecular weight excluding hydrogens is 344 g/mol. The predicted molar refractivity (Wildman–Crippen MR) is 101 cm³/mol. The van der Waals surface area contributed by atoms with E-state index < -0.39 is 11.9 Å². The van der Waals surface area contributed by atoms with E-state index in [1.54, 1.807) is 13.2 Å². The quantitative estimate of drug-likeness (QED) is 0.774. The summed E-state index contributed by atoms with van der Waals surface area (Å²) in [6, 6.07) is 12.5. The number of fused-ring (bicyclic) bond motifs is 2. The zero-order valence-electron chi connectivity index (χ0n) is 15.2. The number of ether oxygens (including phenoxy) is 1. The Morgan fingerprint density at radius 1 is 1.19 bits per heavy atom. The summed E-state index contributed by atoms with van der Waals surface area (Å²) in [7, 11) is 1.58. The Bertz CT molecular complexity index is 1050. The van der Waals surface area contributed by atoms with Crippen LogP contribution in [0, 0.1) is 6.92 Å². The number of benzene rings is 2. The topological polar surface area (TPSA) is 85.8 Å². The van der Waals surface area contributed by atoms with Crippen LogP contribution in [0.15, 0.2) is 46.9 Å². The zero-order chi connectivity index (χ0) is 19.1. The Balaban J connectivity index is 1.76. The molecule has 1 aromatic heterocycles. The Morgan fingerprint density at radius 2 is 1.93 bits per heavy atom. The molecule has 138 valence electrons. The van der Waals surface area contributed by atoms with E-state index in [0.29, 0.717) is 24.3 Å². The third-order valence-electron chi connectivity index (χ3n) is 5.18. The van der Waals surface area contributed by atoms with Crippen molar-refractivity contribution in [3.05, 3.63) is 64.9 Å². The lowest BCUT2D eigenvalue weighted by molar-refractivity contribution is -0.122. The zero-order valence-corrected chi connectivity index (χ0v) is 15.2. The summed E-state index contributed by atoms with van der Waals surface area (Å²) in [5, 5.41) is 0.840. The lowest BCUT2D eigenvalue weighted by Gasteiger charge is -2.34. The Kier molecular flexibility index (Phi) is 4.11. The maximum atomic E-state index is 13.3. The molecule has 6 nitrogen and oxygen atoms in total. The van der Waals surface area contributed by atoms with Gasteiger partial charge in [-0.3, -0.25) is 9.59 Å². The van der Waals surface area contributed by atoms with Crippen molar-refractivity contribution in [2.75, 3.05) is 7.11 Å². The molecule has 2 heterocycles. The van der Waals surface area contributed by atoms with Gasteiger partial charge in [0.25, 0.3) is 5.91 Å². The Morgan fingerprint density at radius 3 is 2.63 bits per heavy atom. The second-order valence-electron chi connectivity index (χ2n) is 6.74. The second-order valence-corrected chi connectivity index (χ2v) is 6.74. The number of aryl methyl sites for hydroxylation is 1. The molecule has 0 saturated carbocycles. The van der Waals surface area contributed by atoms with Crippen molar-refractivity contribution in [2.24, 2.45) is 5.73 Å². The lowest BCUT2D eigenvalue weighted by Crippen LogP contribution is -2.51. The van der Waals surface area contributed by atoms with Gasteiger partial charge in [-0.15, -0.1) is 0 Å². The summed E-state index contributed by atoms with van der Waals surface area (Å²) in [6.45, 7) is 2.16. The van der Waals surface area contributed by atoms with E-state index in [0.717, 1.165) is 22.1 Å². The number of furan rings is 1. The fraction of sp³-hybridized carbons (Fsp3) is 0.238. The number of amides is 2. The van der Waals surface area contributed by atoms with E-state index >= 15 is 0 Å². The van der Waals surface area contributed by atoms with Crippen molar-refractivity contribution < 1.29 is 18.7 Å². The Hall–Kier alpha value is -3.28. The van der Waals surface area contributed by atoms with E-state index in [9.17, 15) is 9.59 Å². The maximum absolute atomic E-state index is 13.3. The molecule has 1 aliphatic heterocycles. The molecule has 0 spiro atoms. The van der Waals surface area contributed by atoms with Gasteiger partial charge in [-0.2, -0.15) is 0 Å². The number of carbonyl (C=O) groups excluding carboxylic acids is 2. The summed E-state index contributed by atoms with van der Waals surface area (Å²) in [5.41, 5.74) is 8.96. The first-order valence-corrected chi connectivity index (χ1v) is 8.73. The van der Waals surface area contributed by atoms with Crippen molar-refractivity contribution >= 4 is 22.8 Å². The SMILES string of the molecule is COc1ccc2c(C)c(C(=O)N3Cc4ccccc4CC3C(N)=O)oc2c1. The third-order valence-corrected chi connectivity index (χ3v) is 5.18. The van der Waals surface area contributed by atoms with Crippen LogP contribution in [0.25, 0.3) is 11.0 Å². The molecule has 0 saturated heterocycles. The lowest BCUT2D eigenvalue weighted by atomic mass is 9.93. The van der Waals surface area contributed by atoms with E-state index in [1.165, 1.54) is 4.90 Å². The number of hydrogen-bond acceptors (Lipinski definition) is 4. The number of nitrogens with two attached hydrogens (primary N) is 1. The summed E-state index contributed by atoms with van der Waals surface area (Å²) >= 11 is 0. The number of hydrogen-bond donors (Lipinski definition) is 1. The molecule has 2 N–H and O–H groups in total. The molecule has 27 heavy (non-hydrogen) atoms. The van der Waals surface area contributed by atoms with Crippen molar-refractivity contribution in [2.45, 2.75) is 25.9 Å². The molecule has 1 unspecified atom stereocenters. The van der Waals surface area contributed by atoms with Crippen LogP contribution in [0.5, 0.6) is 5.75 Å². The van der Waals surface area contributed by atoms with Gasteiger partial charge in [0.15, 0.2) is 5.76 Å². The van der Waals surface area contributed by atoms with Crippen molar-refractivity contribution in [3.63, 3.8) is 0 Å². The van der Waals surface area contributed by atoms with Crippen molar-refractivity contribution in [1.82, 2.24) is 4.90 Å². The van der Waals surface area contributed by atoms with Gasteiger partial charge in [0.2, 0.25) is 5.91 Å². The molecule has 0 fully saturated rings. The second kappa shape index (κ2) is 6.46. The van der Waals surface area contributed by atoms with E-state index in [-0.39, 0.29) is 11.7 Å². The third kappa shape index (κ3) is 2.83. The normalized spacial score (nSPS) is 16.2. The van der Waals surface area contributed by atoms with Gasteiger partial charge < -0.3 is 19.8 Å². The van der Waals surface area contributed by atoms with Crippen LogP contribution in [0.4, 0.5) is 0 Å². The first-order valence-electron chi connectivity index (χ1n) is 8.73. The highest BCUT2D eigenvalue weighted by Crippen LogP contribution is 2.31. The molecular formula is C21H20N2O4. The average Bonchev–Trinajstić information content (AvgIpc) is 3.02. The van der Waals surface area contributed by atoms with Crippen LogP contribution in [0.3, 0.4) is 0 Å². The van der Waals surface area contributed by atoms with Crippen LogP contribution in [0.2, 0.25) is 0 Å². The number of carbonyl (C=O) groups is 2. The first-order chi connectivity index (χ1) is 13.0. The summed E-state index contributed by atoms with van der Waals surface area (Å²) in [6.07, 6.45) is 0.407. The smallest absolute Gasteiger partial charge is 0.290 e. The van der Waals surface area contributed by atoms with Crippen molar-refractivity contribution in [1.29, 1.82) is 0 Å². The standard InChI is InChI=1S/C21H20N2O4/c1-12-16-8-7-15(26-2)10-18(16)27-19(12)21(25)23-11-14-6-4-3-5-13(14)9-17(23)20(22)24/h3-8,10,17H,9,11H2,1-2H3,(H2,22,24). The van der Waals surface area contributed by atoms with Crippen molar-refractivity contribution in [3.8, 4) is 5.75 Å². The molecule has 1 atom stereocenters. The fourth-order valence-electron chi connectivity index (χ4n) is 3.66. The van der Waals surface area contributed by atoms with Crippen LogP contribution < -0.4 is 10.5 Å². The molecule has 4 rings (SSSR count). The van der Waals surface area contributed by atoms with Gasteiger partial charge in [-0.25, -0.2) is 0 Å². The molecule has 3 aromatic rings. The molecule has 2 aromatic carbocycles. The first kappa shape index (κ1) is 17.1. The molecule has 6 heteroatoms. The van der Waals surface area contributed by atoms with Crippen LogP contribution in [-0.4, -0.2) is 29.9 Å². The van der Waals surface area contributed by atoms with Crippen LogP contribution in [-0.2, 0) is 17.8 Å². The van der Waals surface area contributed by atoms with Gasteiger partial charge in [-0.05, 0) is 30.2 Å². The minimum Gasteiger partial charge on any atom is -0.497 e. The average molecular weight is 364 g/mol. The Labute approximate surface area is 156 Å². The minimum absolute atomic E-state index is 0.226. The van der Waals surface area contributed by atoms with Crippen LogP contribution in [0.1, 0.15) is 27.2 Å². The van der Waals surface area contributed by atoms with Gasteiger partial charge in [0.05, 0.1) is 7.11 Å². The fourth-order valence-corrected chi connectivity index (χ4v) is 3.66. The molecule has 1 aliphatic rings. The molecule has 0 bridgehead atoms. The monoisotopic (exact) mass is 364 g/mol. The summed E-state index contributed by atoms with van der Waals surface area (Å²) < 4.78 is 11.1. The number of nitrogens with zero attached hydrogens (tertiary/aromatic N) is 1. The number of primary amides is 1. The summed E-state index contributed by atoms with van der Waals surface area (Å²) in [4.78, 5) is 26.8. The highest BCUT2D eigenvalue weighted by Gasteiger charge is 2.36. The minimum atomic E-state index is -0.699. The van der Waals surface area contributed by atoms with Gasteiger partial charge in [0, 0.05) is 30.0 Å². The molecule has 0 aliphatic carbocycles. The van der Waals surface area contributed by atoms with E-state index in [1.807, 2.05) is 43.3 Å². The predicted octanol–water partition coefficient (Wildman–Crippen LogP) is 2.80. The molecule has 2 amide bonds. The van der Waals surface area contributed by atoms with Gasteiger partial charge in [-0.1, -0.05) is 24.3 Å². The van der Waals surface area contributed by atoms with Crippen LogP contribution >= 0.6 is 0 Å². The highest BCUT2D eigenvalue weighted by atomic mass is 16.5. The number of methoxy groups -OCH3 is 1. The molecule has 0 radical (unpaired) electrons. The largest absolute Gasteiger partial charge is 0.497 e. The maximum Gasteiger partial charge on any atom is 0.290 e. The van der Waals surface area contributed by atoms with E-state index in [4.69, 9.17) is 14.9 Å². The van der Waals surface area contributed by atoms with Gasteiger partial charge in [0.1, 0.15) is 17.4 Å². The summed E-state index contributed by atoms with van der Waals surface area (Å²) in [5.74, 6) is 0.0234. The van der Waals surface area contributed by atoms with Gasteiger partial charge >= 0.3 is 0 Å². The van der Waals surface area contributed by atoms with E-state index in [2.05, 4.69) is 0 Å².